The van der Waals surface area contributed by atoms with Crippen LogP contribution in [0.2, 0.25) is 0 Å². The van der Waals surface area contributed by atoms with Crippen molar-refractivity contribution in [2.45, 2.75) is 26.0 Å². The summed E-state index contributed by atoms with van der Waals surface area (Å²) in [7, 11) is 0. The Bertz CT molecular complexity index is 1060. The molecule has 0 aliphatic carbocycles. The highest BCUT2D eigenvalue weighted by Gasteiger charge is 2.27. The molecule has 2 aliphatic rings. The zero-order valence-electron chi connectivity index (χ0n) is 16.3. The number of anilines is 1. The molecule has 0 bridgehead atoms. The zero-order valence-corrected chi connectivity index (χ0v) is 16.3. The van der Waals surface area contributed by atoms with Crippen molar-refractivity contribution in [2.24, 2.45) is 0 Å². The number of nitrogens with one attached hydrogen (secondary N) is 1. The highest BCUT2D eigenvalue weighted by Crippen LogP contribution is 2.35. The van der Waals surface area contributed by atoms with Crippen LogP contribution >= 0.6 is 0 Å². The highest BCUT2D eigenvalue weighted by molar-refractivity contribution is 6.01. The van der Waals surface area contributed by atoms with Gasteiger partial charge in [-0.1, -0.05) is 30.3 Å². The number of nitrogens with zero attached hydrogens (tertiary/aromatic N) is 3. The first-order valence-electron chi connectivity index (χ1n) is 9.88. The third-order valence-corrected chi connectivity index (χ3v) is 5.51. The van der Waals surface area contributed by atoms with Gasteiger partial charge in [-0.25, -0.2) is 9.97 Å². The minimum absolute atomic E-state index is 0.0129. The number of benzene rings is 2. The second kappa shape index (κ2) is 7.20. The minimum atomic E-state index is -0.158. The lowest BCUT2D eigenvalue weighted by atomic mass is 10.1. The van der Waals surface area contributed by atoms with E-state index in [1.165, 1.54) is 5.56 Å². The summed E-state index contributed by atoms with van der Waals surface area (Å²) < 4.78 is 6.05. The first-order chi connectivity index (χ1) is 14.2. The number of aromatic nitrogens is 2. The maximum Gasteiger partial charge on any atom is 0.253 e. The number of ether oxygens (including phenoxy) is 1. The topological polar surface area (TPSA) is 67.4 Å². The summed E-state index contributed by atoms with van der Waals surface area (Å²) in [5.41, 5.74) is 4.77. The summed E-state index contributed by atoms with van der Waals surface area (Å²) in [6, 6.07) is 16.0. The molecule has 1 aromatic heterocycles. The molecule has 1 atom stereocenters. The Hall–Kier alpha value is -3.41. The summed E-state index contributed by atoms with van der Waals surface area (Å²) in [5.74, 6) is 1.60. The van der Waals surface area contributed by atoms with Crippen LogP contribution < -0.4 is 15.0 Å². The van der Waals surface area contributed by atoms with Crippen LogP contribution in [-0.2, 0) is 13.0 Å². The molecule has 6 nitrogen and oxygen atoms in total. The Morgan fingerprint density at radius 1 is 1.17 bits per heavy atom. The number of hydrogen-bond acceptors (Lipinski definition) is 5. The van der Waals surface area contributed by atoms with E-state index in [4.69, 9.17) is 9.72 Å². The summed E-state index contributed by atoms with van der Waals surface area (Å²) in [5, 5.41) is 2.99. The molecule has 0 spiro atoms. The van der Waals surface area contributed by atoms with E-state index in [2.05, 4.69) is 21.3 Å². The maximum absolute atomic E-state index is 12.5. The predicted octanol–water partition coefficient (Wildman–Crippen LogP) is 3.21. The smallest absolute Gasteiger partial charge is 0.253 e. The van der Waals surface area contributed by atoms with E-state index < -0.39 is 0 Å². The second-order valence-electron chi connectivity index (χ2n) is 7.47. The molecule has 0 saturated heterocycles. The van der Waals surface area contributed by atoms with Crippen LogP contribution in [0.3, 0.4) is 0 Å². The summed E-state index contributed by atoms with van der Waals surface area (Å²) in [6.45, 7) is 3.92. The molecular weight excluding hydrogens is 364 g/mol. The van der Waals surface area contributed by atoms with Gasteiger partial charge in [0.1, 0.15) is 5.75 Å². The number of carbonyl (C=O) groups excluding carboxylic acids is 1. The van der Waals surface area contributed by atoms with Gasteiger partial charge in [-0.2, -0.15) is 0 Å². The molecule has 1 N–H and O–H groups in total. The first kappa shape index (κ1) is 17.7. The molecule has 3 aromatic rings. The number of rotatable bonds is 3. The SMILES string of the molecule is Cc1cccc2c1C(=O)NCCN2Cc1ccnc(C2Cc3ccccc3O2)n1. The molecule has 0 radical (unpaired) electrons. The average molecular weight is 386 g/mol. The molecule has 146 valence electrons. The monoisotopic (exact) mass is 386 g/mol. The van der Waals surface area contributed by atoms with Crippen LogP contribution in [0.25, 0.3) is 0 Å². The lowest BCUT2D eigenvalue weighted by molar-refractivity contribution is 0.0957. The van der Waals surface area contributed by atoms with Gasteiger partial charge in [0.05, 0.1) is 23.5 Å². The van der Waals surface area contributed by atoms with E-state index in [-0.39, 0.29) is 12.0 Å². The first-order valence-corrected chi connectivity index (χ1v) is 9.88. The number of carbonyl (C=O) groups is 1. The summed E-state index contributed by atoms with van der Waals surface area (Å²) >= 11 is 0. The second-order valence-corrected chi connectivity index (χ2v) is 7.47. The largest absolute Gasteiger partial charge is 0.482 e. The minimum Gasteiger partial charge on any atom is -0.482 e. The molecule has 0 fully saturated rings. The van der Waals surface area contributed by atoms with E-state index in [1.807, 2.05) is 49.4 Å². The average Bonchev–Trinajstić information content (AvgIpc) is 3.10. The fraction of sp³-hybridized carbons (Fsp3) is 0.261. The molecule has 3 heterocycles. The van der Waals surface area contributed by atoms with E-state index >= 15 is 0 Å². The Balaban J connectivity index is 1.41. The van der Waals surface area contributed by atoms with E-state index in [1.54, 1.807) is 6.20 Å². The quantitative estimate of drug-likeness (QED) is 0.749. The number of para-hydroxylation sites is 1. The van der Waals surface area contributed by atoms with Crippen LogP contribution in [0.5, 0.6) is 5.75 Å². The molecule has 29 heavy (non-hydrogen) atoms. The third-order valence-electron chi connectivity index (χ3n) is 5.51. The van der Waals surface area contributed by atoms with Crippen LogP contribution in [0, 0.1) is 6.92 Å². The van der Waals surface area contributed by atoms with Gasteiger partial charge < -0.3 is 15.0 Å². The Kier molecular flexibility index (Phi) is 4.39. The molecule has 2 aromatic carbocycles. The van der Waals surface area contributed by atoms with Crippen molar-refractivity contribution in [1.29, 1.82) is 0 Å². The van der Waals surface area contributed by atoms with Crippen molar-refractivity contribution in [1.82, 2.24) is 15.3 Å². The van der Waals surface area contributed by atoms with Crippen molar-refractivity contribution in [3.63, 3.8) is 0 Å². The lowest BCUT2D eigenvalue weighted by Gasteiger charge is -2.24. The lowest BCUT2D eigenvalue weighted by Crippen LogP contribution is -2.30. The zero-order chi connectivity index (χ0) is 19.8. The predicted molar refractivity (Wildman–Crippen MR) is 110 cm³/mol. The molecular formula is C23H22N4O2. The summed E-state index contributed by atoms with van der Waals surface area (Å²) in [4.78, 5) is 23.9. The molecule has 5 rings (SSSR count). The number of amides is 1. The van der Waals surface area contributed by atoms with Gasteiger partial charge in [0.25, 0.3) is 5.91 Å². The van der Waals surface area contributed by atoms with Gasteiger partial charge in [-0.05, 0) is 36.2 Å². The fourth-order valence-electron chi connectivity index (χ4n) is 4.07. The summed E-state index contributed by atoms with van der Waals surface area (Å²) in [6.07, 6.45) is 2.42. The van der Waals surface area contributed by atoms with Crippen molar-refractivity contribution >= 4 is 11.6 Å². The van der Waals surface area contributed by atoms with Crippen LogP contribution in [0.15, 0.2) is 54.7 Å². The van der Waals surface area contributed by atoms with Crippen LogP contribution in [0.1, 0.15) is 39.1 Å². The molecule has 6 heteroatoms. The van der Waals surface area contributed by atoms with E-state index in [0.29, 0.717) is 18.9 Å². The van der Waals surface area contributed by atoms with Crippen LogP contribution in [0.4, 0.5) is 5.69 Å². The van der Waals surface area contributed by atoms with Crippen LogP contribution in [-0.4, -0.2) is 29.0 Å². The number of hydrogen-bond donors (Lipinski definition) is 1. The molecule has 1 amide bonds. The Morgan fingerprint density at radius 3 is 2.97 bits per heavy atom. The van der Waals surface area contributed by atoms with Crippen molar-refractivity contribution in [3.8, 4) is 5.75 Å². The van der Waals surface area contributed by atoms with Gasteiger partial charge in [-0.3, -0.25) is 4.79 Å². The van der Waals surface area contributed by atoms with Gasteiger partial charge in [0.2, 0.25) is 0 Å². The van der Waals surface area contributed by atoms with Gasteiger partial charge in [0.15, 0.2) is 11.9 Å². The molecule has 2 aliphatic heterocycles. The molecule has 1 unspecified atom stereocenters. The van der Waals surface area contributed by atoms with E-state index in [0.717, 1.165) is 41.2 Å². The third kappa shape index (κ3) is 3.31. The van der Waals surface area contributed by atoms with Crippen molar-refractivity contribution in [2.75, 3.05) is 18.0 Å². The standard InChI is InChI=1S/C23H22N4O2/c1-15-5-4-7-18-21(15)23(28)25-11-12-27(18)14-17-9-10-24-22(26-17)20-13-16-6-2-3-8-19(16)29-20/h2-10,20H,11-14H2,1H3,(H,25,28). The van der Waals surface area contributed by atoms with Gasteiger partial charge >= 0.3 is 0 Å². The normalized spacial score (nSPS) is 17.8. The maximum atomic E-state index is 12.5. The molecule has 0 saturated carbocycles. The number of fused-ring (bicyclic) bond motifs is 2. The van der Waals surface area contributed by atoms with Crippen molar-refractivity contribution < 1.29 is 9.53 Å². The Labute approximate surface area is 169 Å². The van der Waals surface area contributed by atoms with Gasteiger partial charge in [-0.15, -0.1) is 0 Å². The number of aryl methyl sites for hydroxylation is 1. The van der Waals surface area contributed by atoms with Crippen molar-refractivity contribution in [3.05, 3.63) is 82.9 Å². The van der Waals surface area contributed by atoms with Gasteiger partial charge in [0, 0.05) is 25.7 Å². The Morgan fingerprint density at radius 2 is 2.07 bits per heavy atom. The fourth-order valence-corrected chi connectivity index (χ4v) is 4.07. The van der Waals surface area contributed by atoms with E-state index in [9.17, 15) is 4.79 Å². The highest BCUT2D eigenvalue weighted by atomic mass is 16.5.